The summed E-state index contributed by atoms with van der Waals surface area (Å²) in [6, 6.07) is 12.5. The third-order valence-corrected chi connectivity index (χ3v) is 6.45. The molecule has 1 aromatic heterocycles. The standard InChI is InChI=1S/C23H20F3N3O3S/c24-23(25,26)32-16-7-5-15(6-8-16)12-29-18-3-1-2-4-20(18)31-17-11-19(22(29)30)28(13-17)14-21-27-9-10-33-21/h1-10,17,19H,11-14H2. The van der Waals surface area contributed by atoms with Crippen molar-refractivity contribution in [3.8, 4) is 11.5 Å². The largest absolute Gasteiger partial charge is 0.573 e. The molecule has 172 valence electrons. The summed E-state index contributed by atoms with van der Waals surface area (Å²) >= 11 is 1.54. The zero-order valence-corrected chi connectivity index (χ0v) is 18.2. The molecule has 1 saturated heterocycles. The number of fused-ring (bicyclic) bond motifs is 3. The number of anilines is 1. The van der Waals surface area contributed by atoms with Gasteiger partial charge in [0.1, 0.15) is 22.6 Å². The molecular weight excluding hydrogens is 455 g/mol. The Morgan fingerprint density at radius 3 is 2.64 bits per heavy atom. The molecule has 2 aliphatic heterocycles. The Kier molecular flexibility index (Phi) is 5.71. The molecule has 0 saturated carbocycles. The normalized spacial score (nSPS) is 20.7. The molecule has 2 bridgehead atoms. The van der Waals surface area contributed by atoms with Crippen LogP contribution < -0.4 is 14.4 Å². The molecular formula is C23H20F3N3O3S. The summed E-state index contributed by atoms with van der Waals surface area (Å²) in [4.78, 5) is 21.8. The number of aromatic nitrogens is 1. The van der Waals surface area contributed by atoms with Gasteiger partial charge in [-0.25, -0.2) is 4.98 Å². The minimum absolute atomic E-state index is 0.0691. The number of alkyl halides is 3. The Morgan fingerprint density at radius 2 is 1.91 bits per heavy atom. The van der Waals surface area contributed by atoms with Crippen LogP contribution in [0.5, 0.6) is 11.5 Å². The van der Waals surface area contributed by atoms with Crippen molar-refractivity contribution in [2.24, 2.45) is 0 Å². The second kappa shape index (κ2) is 8.68. The predicted molar refractivity (Wildman–Crippen MR) is 116 cm³/mol. The second-order valence-corrected chi connectivity index (χ2v) is 8.91. The van der Waals surface area contributed by atoms with Gasteiger partial charge in [0.25, 0.3) is 0 Å². The Morgan fingerprint density at radius 1 is 1.12 bits per heavy atom. The van der Waals surface area contributed by atoms with Crippen LogP contribution in [0, 0.1) is 0 Å². The average molecular weight is 475 g/mol. The number of para-hydroxylation sites is 2. The van der Waals surface area contributed by atoms with Crippen molar-refractivity contribution in [3.63, 3.8) is 0 Å². The third kappa shape index (κ3) is 4.81. The number of hydrogen-bond donors (Lipinski definition) is 0. The summed E-state index contributed by atoms with van der Waals surface area (Å²) in [7, 11) is 0. The van der Waals surface area contributed by atoms with E-state index in [0.29, 0.717) is 36.5 Å². The van der Waals surface area contributed by atoms with Crippen LogP contribution >= 0.6 is 11.3 Å². The van der Waals surface area contributed by atoms with E-state index in [1.165, 1.54) is 24.3 Å². The first-order chi connectivity index (χ1) is 15.9. The van der Waals surface area contributed by atoms with Gasteiger partial charge >= 0.3 is 6.36 Å². The number of rotatable bonds is 5. The minimum atomic E-state index is -4.75. The number of likely N-dealkylation sites (tertiary alicyclic amines) is 1. The maximum Gasteiger partial charge on any atom is 0.573 e. The van der Waals surface area contributed by atoms with Gasteiger partial charge in [0.15, 0.2) is 0 Å². The SMILES string of the molecule is O=C1C2CC(CN2Cc2nccs2)Oc2ccccc2N1Cc1ccc(OC(F)(F)F)cc1. The topological polar surface area (TPSA) is 54.9 Å². The van der Waals surface area contributed by atoms with Gasteiger partial charge in [0.2, 0.25) is 5.91 Å². The van der Waals surface area contributed by atoms with Gasteiger partial charge in [0, 0.05) is 24.5 Å². The summed E-state index contributed by atoms with van der Waals surface area (Å²) < 4.78 is 47.6. The molecule has 6 nitrogen and oxygen atoms in total. The predicted octanol–water partition coefficient (Wildman–Crippen LogP) is 4.61. The first-order valence-electron chi connectivity index (χ1n) is 10.4. The van der Waals surface area contributed by atoms with Gasteiger partial charge in [-0.3, -0.25) is 9.69 Å². The van der Waals surface area contributed by atoms with Crippen LogP contribution in [0.2, 0.25) is 0 Å². The van der Waals surface area contributed by atoms with Crippen LogP contribution in [0.4, 0.5) is 18.9 Å². The van der Waals surface area contributed by atoms with E-state index in [1.807, 2.05) is 29.6 Å². The number of benzene rings is 2. The van der Waals surface area contributed by atoms with Crippen molar-refractivity contribution >= 4 is 22.9 Å². The minimum Gasteiger partial charge on any atom is -0.487 e. The van der Waals surface area contributed by atoms with Crippen molar-refractivity contribution in [1.82, 2.24) is 9.88 Å². The van der Waals surface area contributed by atoms with Crippen molar-refractivity contribution < 1.29 is 27.4 Å². The fourth-order valence-electron chi connectivity index (χ4n) is 4.28. The monoisotopic (exact) mass is 475 g/mol. The first kappa shape index (κ1) is 21.7. The highest BCUT2D eigenvalue weighted by molar-refractivity contribution is 7.09. The highest BCUT2D eigenvalue weighted by Crippen LogP contribution is 2.37. The zero-order valence-electron chi connectivity index (χ0n) is 17.4. The number of carbonyl (C=O) groups is 1. The second-order valence-electron chi connectivity index (χ2n) is 7.93. The Balaban J connectivity index is 1.43. The van der Waals surface area contributed by atoms with Gasteiger partial charge in [-0.05, 0) is 29.8 Å². The fraction of sp³-hybridized carbons (Fsp3) is 0.304. The zero-order chi connectivity index (χ0) is 23.0. The molecule has 2 unspecified atom stereocenters. The lowest BCUT2D eigenvalue weighted by Crippen LogP contribution is -2.45. The lowest BCUT2D eigenvalue weighted by atomic mass is 10.1. The molecule has 5 rings (SSSR count). The molecule has 0 spiro atoms. The van der Waals surface area contributed by atoms with Gasteiger partial charge in [-0.15, -0.1) is 24.5 Å². The molecule has 33 heavy (non-hydrogen) atoms. The molecule has 2 aliphatic rings. The van der Waals surface area contributed by atoms with Crippen molar-refractivity contribution in [1.29, 1.82) is 0 Å². The summed E-state index contributed by atoms with van der Waals surface area (Å²) in [5.74, 6) is 0.241. The van der Waals surface area contributed by atoms with Crippen LogP contribution in [-0.2, 0) is 17.9 Å². The molecule has 2 aromatic carbocycles. The Bertz CT molecular complexity index is 1120. The Labute approximate surface area is 192 Å². The highest BCUT2D eigenvalue weighted by atomic mass is 32.1. The molecule has 0 radical (unpaired) electrons. The lowest BCUT2D eigenvalue weighted by Gasteiger charge is -2.31. The van der Waals surface area contributed by atoms with E-state index in [2.05, 4.69) is 14.6 Å². The molecule has 3 aromatic rings. The maximum atomic E-state index is 13.8. The lowest BCUT2D eigenvalue weighted by molar-refractivity contribution is -0.274. The van der Waals surface area contributed by atoms with E-state index in [9.17, 15) is 18.0 Å². The number of ether oxygens (including phenoxy) is 2. The van der Waals surface area contributed by atoms with Crippen molar-refractivity contribution in [2.45, 2.75) is 38.0 Å². The number of thiazole rings is 1. The maximum absolute atomic E-state index is 13.8. The summed E-state index contributed by atoms with van der Waals surface area (Å²) in [6.07, 6.45) is -2.56. The van der Waals surface area contributed by atoms with Crippen molar-refractivity contribution in [3.05, 3.63) is 70.7 Å². The van der Waals surface area contributed by atoms with Gasteiger partial charge in [-0.1, -0.05) is 24.3 Å². The number of halogens is 3. The third-order valence-electron chi connectivity index (χ3n) is 5.69. The first-order valence-corrected chi connectivity index (χ1v) is 11.3. The van der Waals surface area contributed by atoms with E-state index >= 15 is 0 Å². The van der Waals surface area contributed by atoms with E-state index in [4.69, 9.17) is 4.74 Å². The van der Waals surface area contributed by atoms with Gasteiger partial charge < -0.3 is 14.4 Å². The van der Waals surface area contributed by atoms with Crippen molar-refractivity contribution in [2.75, 3.05) is 11.4 Å². The number of hydrogen-bond acceptors (Lipinski definition) is 6. The fourth-order valence-corrected chi connectivity index (χ4v) is 4.92. The van der Waals surface area contributed by atoms with E-state index < -0.39 is 6.36 Å². The van der Waals surface area contributed by atoms with Crippen LogP contribution in [0.1, 0.15) is 17.0 Å². The summed E-state index contributed by atoms with van der Waals surface area (Å²) in [5.41, 5.74) is 1.32. The van der Waals surface area contributed by atoms with Gasteiger partial charge in [0.05, 0.1) is 24.8 Å². The summed E-state index contributed by atoms with van der Waals surface area (Å²) in [6.45, 7) is 1.36. The van der Waals surface area contributed by atoms with Crippen LogP contribution in [0.15, 0.2) is 60.1 Å². The smallest absolute Gasteiger partial charge is 0.487 e. The average Bonchev–Trinajstić information content (AvgIpc) is 3.42. The van der Waals surface area contributed by atoms with Crippen LogP contribution in [0.25, 0.3) is 0 Å². The molecule has 1 fully saturated rings. The van der Waals surface area contributed by atoms with E-state index in [0.717, 1.165) is 5.01 Å². The van der Waals surface area contributed by atoms with Gasteiger partial charge in [-0.2, -0.15) is 0 Å². The molecule has 3 heterocycles. The van der Waals surface area contributed by atoms with Crippen LogP contribution in [0.3, 0.4) is 0 Å². The van der Waals surface area contributed by atoms with Crippen LogP contribution in [-0.4, -0.2) is 40.8 Å². The molecule has 1 amide bonds. The quantitative estimate of drug-likeness (QED) is 0.540. The number of carbonyl (C=O) groups excluding carboxylic acids is 1. The molecule has 0 N–H and O–H groups in total. The van der Waals surface area contributed by atoms with E-state index in [-0.39, 0.29) is 30.3 Å². The number of amides is 1. The Hall–Kier alpha value is -3.11. The molecule has 0 aliphatic carbocycles. The molecule has 2 atom stereocenters. The van der Waals surface area contributed by atoms with E-state index in [1.54, 1.807) is 22.4 Å². The molecule has 10 heteroatoms. The number of nitrogens with zero attached hydrogens (tertiary/aromatic N) is 3. The highest BCUT2D eigenvalue weighted by Gasteiger charge is 2.43. The summed E-state index contributed by atoms with van der Waals surface area (Å²) in [5, 5.41) is 2.83.